The number of sulfonamides is 2. The van der Waals surface area contributed by atoms with Gasteiger partial charge in [0.1, 0.15) is 0 Å². The molecule has 1 saturated heterocycles. The SMILES string of the molecule is CC[N+]1(CC)CCCCC1.O=S(=O)([N-]S(=O)(=O)C(F)(F)F)C(F)(F)F. The first-order valence-electron chi connectivity index (χ1n) is 7.25. The lowest BCUT2D eigenvalue weighted by atomic mass is 10.1. The van der Waals surface area contributed by atoms with Gasteiger partial charge in [-0.3, -0.25) is 0 Å². The molecule has 1 aliphatic rings. The van der Waals surface area contributed by atoms with Crippen LogP contribution in [0.3, 0.4) is 0 Å². The molecule has 0 bridgehead atoms. The van der Waals surface area contributed by atoms with Gasteiger partial charge in [-0.2, -0.15) is 26.3 Å². The van der Waals surface area contributed by atoms with Gasteiger partial charge in [-0.1, -0.05) is 0 Å². The van der Waals surface area contributed by atoms with E-state index in [1.54, 1.807) is 0 Å². The van der Waals surface area contributed by atoms with Gasteiger partial charge in [-0.15, -0.1) is 0 Å². The number of piperidine rings is 1. The number of halogens is 6. The molecule has 0 aromatic carbocycles. The molecule has 1 heterocycles. The van der Waals surface area contributed by atoms with E-state index in [2.05, 4.69) is 13.8 Å². The van der Waals surface area contributed by atoms with Crippen LogP contribution < -0.4 is 0 Å². The fraction of sp³-hybridized carbons (Fsp3) is 1.00. The molecule has 0 unspecified atom stereocenters. The monoisotopic (exact) mass is 422 g/mol. The molecule has 0 aliphatic carbocycles. The molecule has 0 aromatic rings. The van der Waals surface area contributed by atoms with E-state index in [0.717, 1.165) is 4.13 Å². The van der Waals surface area contributed by atoms with Crippen LogP contribution in [0.2, 0.25) is 0 Å². The molecule has 0 N–H and O–H groups in total. The van der Waals surface area contributed by atoms with Crippen molar-refractivity contribution in [3.05, 3.63) is 4.13 Å². The third-order valence-electron chi connectivity index (χ3n) is 3.89. The first-order valence-corrected chi connectivity index (χ1v) is 10.1. The summed E-state index contributed by atoms with van der Waals surface area (Å²) in [7, 11) is -13.4. The normalized spacial score (nSPS) is 19.0. The summed E-state index contributed by atoms with van der Waals surface area (Å²) in [5.74, 6) is 0. The lowest BCUT2D eigenvalue weighted by molar-refractivity contribution is -0.929. The largest absolute Gasteiger partial charge is 0.480 e. The number of nitrogens with zero attached hydrogens (tertiary/aromatic N) is 2. The molecule has 0 radical (unpaired) electrons. The summed E-state index contributed by atoms with van der Waals surface area (Å²) in [6.45, 7) is 10.2. The molecule has 6 nitrogen and oxygen atoms in total. The van der Waals surface area contributed by atoms with Crippen molar-refractivity contribution < 1.29 is 47.7 Å². The van der Waals surface area contributed by atoms with Crippen LogP contribution in [0.1, 0.15) is 33.1 Å². The summed E-state index contributed by atoms with van der Waals surface area (Å²) < 4.78 is 111. The Kier molecular flexibility index (Phi) is 8.19. The molecular weight excluding hydrogens is 402 g/mol. The van der Waals surface area contributed by atoms with Crippen molar-refractivity contribution in [1.82, 2.24) is 0 Å². The van der Waals surface area contributed by atoms with Crippen LogP contribution in [0.25, 0.3) is 4.13 Å². The van der Waals surface area contributed by atoms with Crippen LogP contribution in [-0.4, -0.2) is 58.5 Å². The molecule has 0 saturated carbocycles. The standard InChI is InChI=1S/C9H20N.C2F6NO4S2/c1-3-10(4-2)8-6-5-7-9-10;3-1(4,5)14(10,11)9-15(12,13)2(6,7)8/h3-9H2,1-2H3;/q+1;-1. The Hall–Kier alpha value is -0.600. The van der Waals surface area contributed by atoms with E-state index in [4.69, 9.17) is 0 Å². The zero-order valence-corrected chi connectivity index (χ0v) is 15.2. The zero-order chi connectivity index (χ0) is 20.2. The maximum absolute atomic E-state index is 11.4. The summed E-state index contributed by atoms with van der Waals surface area (Å²) in [4.78, 5) is 0. The second kappa shape index (κ2) is 8.39. The van der Waals surface area contributed by atoms with Crippen molar-refractivity contribution in [3.8, 4) is 0 Å². The maximum atomic E-state index is 11.4. The van der Waals surface area contributed by atoms with Crippen LogP contribution in [0.4, 0.5) is 26.3 Å². The minimum atomic E-state index is -6.72. The van der Waals surface area contributed by atoms with Crippen molar-refractivity contribution in [2.24, 2.45) is 0 Å². The van der Waals surface area contributed by atoms with Crippen LogP contribution >= 0.6 is 0 Å². The minimum Gasteiger partial charge on any atom is -0.421 e. The maximum Gasteiger partial charge on any atom is 0.480 e. The van der Waals surface area contributed by atoms with Gasteiger partial charge in [-0.05, 0) is 33.1 Å². The van der Waals surface area contributed by atoms with E-state index in [0.29, 0.717) is 0 Å². The van der Waals surface area contributed by atoms with E-state index < -0.39 is 31.1 Å². The zero-order valence-electron chi connectivity index (χ0n) is 13.6. The van der Waals surface area contributed by atoms with Gasteiger partial charge in [0.15, 0.2) is 20.0 Å². The predicted molar refractivity (Wildman–Crippen MR) is 78.2 cm³/mol. The van der Waals surface area contributed by atoms with Crippen molar-refractivity contribution in [2.45, 2.75) is 44.1 Å². The minimum absolute atomic E-state index is 0.778. The first-order chi connectivity index (χ1) is 11.0. The molecule has 14 heteroatoms. The van der Waals surface area contributed by atoms with Crippen LogP contribution in [0.5, 0.6) is 0 Å². The van der Waals surface area contributed by atoms with E-state index in [-0.39, 0.29) is 0 Å². The van der Waals surface area contributed by atoms with Gasteiger partial charge in [0.05, 0.1) is 26.2 Å². The van der Waals surface area contributed by atoms with Gasteiger partial charge in [0, 0.05) is 0 Å². The van der Waals surface area contributed by atoms with Gasteiger partial charge < -0.3 is 8.61 Å². The molecule has 0 aromatic heterocycles. The number of quaternary nitrogens is 1. The smallest absolute Gasteiger partial charge is 0.421 e. The highest BCUT2D eigenvalue weighted by molar-refractivity contribution is 8.13. The highest BCUT2D eigenvalue weighted by atomic mass is 32.3. The van der Waals surface area contributed by atoms with Crippen LogP contribution in [0.15, 0.2) is 0 Å². The van der Waals surface area contributed by atoms with Gasteiger partial charge in [0.25, 0.3) is 0 Å². The van der Waals surface area contributed by atoms with Gasteiger partial charge >= 0.3 is 11.0 Å². The summed E-state index contributed by atoms with van der Waals surface area (Å²) in [5, 5.41) is 0. The van der Waals surface area contributed by atoms with E-state index in [1.807, 2.05) is 0 Å². The Bertz CT molecular complexity index is 574. The van der Waals surface area contributed by atoms with Crippen LogP contribution in [0, 0.1) is 0 Å². The molecule has 25 heavy (non-hydrogen) atoms. The highest BCUT2D eigenvalue weighted by Crippen LogP contribution is 2.36. The molecule has 0 spiro atoms. The third kappa shape index (κ3) is 6.90. The fourth-order valence-corrected chi connectivity index (χ4v) is 3.96. The summed E-state index contributed by atoms with van der Waals surface area (Å²) in [5.41, 5.74) is -12.4. The molecule has 1 fully saturated rings. The Morgan fingerprint density at radius 1 is 0.760 bits per heavy atom. The summed E-state index contributed by atoms with van der Waals surface area (Å²) in [6.07, 6.45) is 4.39. The number of hydrogen-bond donors (Lipinski definition) is 0. The number of likely N-dealkylation sites (tertiary alicyclic amines) is 1. The average Bonchev–Trinajstić information content (AvgIpc) is 2.45. The summed E-state index contributed by atoms with van der Waals surface area (Å²) >= 11 is 0. The van der Waals surface area contributed by atoms with Crippen molar-refractivity contribution >= 4 is 20.0 Å². The quantitative estimate of drug-likeness (QED) is 0.515. The van der Waals surface area contributed by atoms with Crippen molar-refractivity contribution in [2.75, 3.05) is 26.2 Å². The van der Waals surface area contributed by atoms with Gasteiger partial charge in [0.2, 0.25) is 0 Å². The number of alkyl halides is 6. The topological polar surface area (TPSA) is 82.4 Å². The number of rotatable bonds is 4. The van der Waals surface area contributed by atoms with E-state index in [1.165, 1.54) is 49.9 Å². The van der Waals surface area contributed by atoms with Crippen molar-refractivity contribution in [1.29, 1.82) is 0 Å². The fourth-order valence-electron chi connectivity index (χ4n) is 2.25. The molecule has 1 rings (SSSR count). The lowest BCUT2D eigenvalue weighted by Crippen LogP contribution is -2.50. The highest BCUT2D eigenvalue weighted by Gasteiger charge is 2.46. The molecule has 0 atom stereocenters. The molecule has 152 valence electrons. The Morgan fingerprint density at radius 3 is 1.28 bits per heavy atom. The lowest BCUT2D eigenvalue weighted by Gasteiger charge is -2.39. The van der Waals surface area contributed by atoms with Crippen molar-refractivity contribution in [3.63, 3.8) is 0 Å². The second-order valence-electron chi connectivity index (χ2n) is 5.40. The Balaban J connectivity index is 0.000000496. The Labute approximate surface area is 142 Å². The van der Waals surface area contributed by atoms with E-state index in [9.17, 15) is 43.2 Å². The predicted octanol–water partition coefficient (Wildman–Crippen LogP) is 3.09. The Morgan fingerprint density at radius 2 is 1.08 bits per heavy atom. The average molecular weight is 422 g/mol. The van der Waals surface area contributed by atoms with E-state index >= 15 is 0 Å². The number of hydrogen-bond acceptors (Lipinski definition) is 4. The van der Waals surface area contributed by atoms with Gasteiger partial charge in [-0.25, -0.2) is 16.8 Å². The molecular formula is C11H20F6N2O4S2. The molecule has 0 amide bonds. The second-order valence-corrected chi connectivity index (χ2v) is 8.82. The third-order valence-corrected chi connectivity index (χ3v) is 6.63. The molecule has 1 aliphatic heterocycles. The first kappa shape index (κ1) is 24.4. The van der Waals surface area contributed by atoms with Crippen LogP contribution in [-0.2, 0) is 20.0 Å². The summed E-state index contributed by atoms with van der Waals surface area (Å²) in [6, 6.07) is 0.